The Morgan fingerprint density at radius 2 is 1.64 bits per heavy atom. The molecule has 0 aliphatic carbocycles. The van der Waals surface area contributed by atoms with Crippen molar-refractivity contribution >= 4 is 5.91 Å². The molecule has 2 aliphatic heterocycles. The fourth-order valence-electron chi connectivity index (χ4n) is 4.01. The van der Waals surface area contributed by atoms with Gasteiger partial charge in [0.05, 0.1) is 19.8 Å². The molecule has 2 aliphatic rings. The van der Waals surface area contributed by atoms with E-state index in [1.807, 2.05) is 0 Å². The molecule has 14 nitrogen and oxygen atoms in total. The van der Waals surface area contributed by atoms with Crippen molar-refractivity contribution in [3.63, 3.8) is 0 Å². The predicted octanol–water partition coefficient (Wildman–Crippen LogP) is -3.83. The summed E-state index contributed by atoms with van der Waals surface area (Å²) in [6.45, 7) is -0.682. The van der Waals surface area contributed by atoms with Crippen molar-refractivity contribution < 1.29 is 64.2 Å². The summed E-state index contributed by atoms with van der Waals surface area (Å²) in [5.74, 6) is -2.75. The van der Waals surface area contributed by atoms with Crippen molar-refractivity contribution in [2.24, 2.45) is 0 Å². The highest BCUT2D eigenvalue weighted by atomic mass is 16.8. The second-order valence-corrected chi connectivity index (χ2v) is 8.45. The highest BCUT2D eigenvalue weighted by Crippen LogP contribution is 2.33. The SMILES string of the molecule is CC(=O)N[C@@H]1[C@@H](O)[C@H](O[C@@H]2O[C@H](CO)[C@H](O)[C@H](O)[C@H]2O)[C@@H](CO)OC1(O)OCCOc1ccccc1. The Bertz CT molecular complexity index is 829. The maximum absolute atomic E-state index is 11.8. The van der Waals surface area contributed by atoms with E-state index in [0.717, 1.165) is 6.92 Å². The molecule has 1 amide bonds. The standard InChI is InChI=1S/C22H33NO13/c1-11(26)23-20-18(30)19(35-21-17(29)16(28)15(27)13(9-24)34-21)14(10-25)36-22(20,31)33-8-7-32-12-5-3-2-4-6-12/h2-6,13-21,24-25,27-31H,7-10H2,1H3,(H,23,26)/t13-,14-,15+,16+,17-,18+,19-,20-,21+,22?/m1/s1. The number of amides is 1. The Morgan fingerprint density at radius 1 is 0.972 bits per heavy atom. The number of para-hydroxylation sites is 1. The van der Waals surface area contributed by atoms with Crippen molar-refractivity contribution in [3.8, 4) is 5.75 Å². The molecule has 1 aromatic rings. The maximum Gasteiger partial charge on any atom is 0.305 e. The molecule has 1 aromatic carbocycles. The second kappa shape index (κ2) is 12.5. The number of carbonyl (C=O) groups is 1. The summed E-state index contributed by atoms with van der Waals surface area (Å²) >= 11 is 0. The largest absolute Gasteiger partial charge is 0.491 e. The predicted molar refractivity (Wildman–Crippen MR) is 117 cm³/mol. The molecular weight excluding hydrogens is 486 g/mol. The fourth-order valence-corrected chi connectivity index (χ4v) is 4.01. The number of nitrogens with one attached hydrogen (secondary N) is 1. The molecule has 0 saturated carbocycles. The first kappa shape index (κ1) is 28.6. The van der Waals surface area contributed by atoms with Crippen LogP contribution in [0.3, 0.4) is 0 Å². The van der Waals surface area contributed by atoms with Crippen LogP contribution in [0.1, 0.15) is 6.92 Å². The molecule has 3 rings (SSSR count). The van der Waals surface area contributed by atoms with Crippen LogP contribution in [0.4, 0.5) is 0 Å². The van der Waals surface area contributed by atoms with Crippen LogP contribution in [0.15, 0.2) is 30.3 Å². The van der Waals surface area contributed by atoms with Gasteiger partial charge < -0.3 is 64.7 Å². The van der Waals surface area contributed by atoms with E-state index in [0.29, 0.717) is 5.75 Å². The number of benzene rings is 1. The molecular formula is C22H33NO13. The van der Waals surface area contributed by atoms with Crippen molar-refractivity contribution in [1.82, 2.24) is 5.32 Å². The molecule has 36 heavy (non-hydrogen) atoms. The Hall–Kier alpha value is -1.95. The third kappa shape index (κ3) is 6.48. The van der Waals surface area contributed by atoms with E-state index in [1.165, 1.54) is 0 Å². The minimum absolute atomic E-state index is 0.0346. The monoisotopic (exact) mass is 519 g/mol. The summed E-state index contributed by atoms with van der Waals surface area (Å²) in [6, 6.07) is 7.11. The van der Waals surface area contributed by atoms with Gasteiger partial charge in [-0.1, -0.05) is 18.2 Å². The maximum atomic E-state index is 11.8. The van der Waals surface area contributed by atoms with Crippen molar-refractivity contribution in [1.29, 1.82) is 0 Å². The van der Waals surface area contributed by atoms with Gasteiger partial charge in [-0.25, -0.2) is 0 Å². The Labute approximate surface area is 206 Å². The second-order valence-electron chi connectivity index (χ2n) is 8.45. The number of hydrogen-bond donors (Lipinski definition) is 8. The van der Waals surface area contributed by atoms with Gasteiger partial charge in [-0.15, -0.1) is 0 Å². The molecule has 14 heteroatoms. The van der Waals surface area contributed by atoms with Gasteiger partial charge in [0.1, 0.15) is 61.1 Å². The minimum atomic E-state index is -2.62. The van der Waals surface area contributed by atoms with Gasteiger partial charge in [0.15, 0.2) is 6.29 Å². The fraction of sp³-hybridized carbons (Fsp3) is 0.682. The third-order valence-corrected chi connectivity index (χ3v) is 5.84. The van der Waals surface area contributed by atoms with Gasteiger partial charge in [-0.2, -0.15) is 0 Å². The smallest absolute Gasteiger partial charge is 0.305 e. The normalized spacial score (nSPS) is 38.9. The summed E-state index contributed by atoms with van der Waals surface area (Å²) in [5.41, 5.74) is 0. The molecule has 2 heterocycles. The van der Waals surface area contributed by atoms with Gasteiger partial charge in [-0.05, 0) is 12.1 Å². The lowest BCUT2D eigenvalue weighted by Crippen LogP contribution is -2.72. The zero-order chi connectivity index (χ0) is 26.5. The van der Waals surface area contributed by atoms with Crippen LogP contribution < -0.4 is 10.1 Å². The first-order valence-electron chi connectivity index (χ1n) is 11.3. The average molecular weight is 520 g/mol. The van der Waals surface area contributed by atoms with Crippen LogP contribution in [0.2, 0.25) is 0 Å². The van der Waals surface area contributed by atoms with Gasteiger partial charge in [0.25, 0.3) is 0 Å². The molecule has 0 spiro atoms. The van der Waals surface area contributed by atoms with Crippen molar-refractivity contribution in [2.45, 2.75) is 68.0 Å². The quantitative estimate of drug-likeness (QED) is 0.110. The molecule has 2 fully saturated rings. The molecule has 0 radical (unpaired) electrons. The van der Waals surface area contributed by atoms with Crippen LogP contribution in [-0.4, -0.2) is 129 Å². The summed E-state index contributed by atoms with van der Waals surface area (Å²) in [6.07, 6.45) is -13.0. The van der Waals surface area contributed by atoms with E-state index in [4.69, 9.17) is 23.7 Å². The van der Waals surface area contributed by atoms with E-state index in [9.17, 15) is 40.5 Å². The van der Waals surface area contributed by atoms with Gasteiger partial charge >= 0.3 is 5.97 Å². The topological polar surface area (TPSA) is 217 Å². The Morgan fingerprint density at radius 3 is 2.25 bits per heavy atom. The van der Waals surface area contributed by atoms with Crippen LogP contribution in [0.5, 0.6) is 5.75 Å². The first-order valence-corrected chi connectivity index (χ1v) is 11.3. The zero-order valence-corrected chi connectivity index (χ0v) is 19.5. The molecule has 10 atom stereocenters. The summed E-state index contributed by atoms with van der Waals surface area (Å²) in [4.78, 5) is 11.8. The van der Waals surface area contributed by atoms with Gasteiger partial charge in [-0.3, -0.25) is 4.79 Å². The van der Waals surface area contributed by atoms with Crippen molar-refractivity contribution in [2.75, 3.05) is 26.4 Å². The third-order valence-electron chi connectivity index (χ3n) is 5.84. The lowest BCUT2D eigenvalue weighted by atomic mass is 9.94. The van der Waals surface area contributed by atoms with Crippen molar-refractivity contribution in [3.05, 3.63) is 30.3 Å². The number of aliphatic hydroxyl groups excluding tert-OH is 6. The number of carbonyl (C=O) groups excluding carboxylic acids is 1. The summed E-state index contributed by atoms with van der Waals surface area (Å²) in [5, 5.41) is 73.8. The van der Waals surface area contributed by atoms with Gasteiger partial charge in [0, 0.05) is 6.92 Å². The van der Waals surface area contributed by atoms with Crippen LogP contribution >= 0.6 is 0 Å². The molecule has 0 bridgehead atoms. The molecule has 204 valence electrons. The lowest BCUT2D eigenvalue weighted by Gasteiger charge is -2.49. The highest BCUT2D eigenvalue weighted by molar-refractivity contribution is 5.73. The zero-order valence-electron chi connectivity index (χ0n) is 19.5. The van der Waals surface area contributed by atoms with E-state index in [2.05, 4.69) is 5.32 Å². The first-order chi connectivity index (χ1) is 17.1. The van der Waals surface area contributed by atoms with E-state index >= 15 is 0 Å². The number of aliphatic hydroxyl groups is 7. The Balaban J connectivity index is 1.73. The minimum Gasteiger partial charge on any atom is -0.491 e. The van der Waals surface area contributed by atoms with E-state index in [1.54, 1.807) is 30.3 Å². The highest BCUT2D eigenvalue weighted by Gasteiger charge is 2.57. The average Bonchev–Trinajstić information content (AvgIpc) is 2.86. The number of hydrogen-bond acceptors (Lipinski definition) is 13. The van der Waals surface area contributed by atoms with Gasteiger partial charge in [0.2, 0.25) is 5.91 Å². The molecule has 2 saturated heterocycles. The Kier molecular flexibility index (Phi) is 9.96. The molecule has 0 aromatic heterocycles. The van der Waals surface area contributed by atoms with E-state index < -0.39 is 80.2 Å². The lowest BCUT2D eigenvalue weighted by molar-refractivity contribution is -0.437. The van der Waals surface area contributed by atoms with Crippen LogP contribution in [-0.2, 0) is 23.7 Å². The summed E-state index contributed by atoms with van der Waals surface area (Å²) in [7, 11) is 0. The number of ether oxygens (including phenoxy) is 5. The number of rotatable bonds is 10. The van der Waals surface area contributed by atoms with Crippen LogP contribution in [0, 0.1) is 0 Å². The van der Waals surface area contributed by atoms with E-state index in [-0.39, 0.29) is 13.2 Å². The molecule has 1 unspecified atom stereocenters. The summed E-state index contributed by atoms with van der Waals surface area (Å²) < 4.78 is 27.2. The molecule has 8 N–H and O–H groups in total. The van der Waals surface area contributed by atoms with Crippen LogP contribution in [0.25, 0.3) is 0 Å².